The summed E-state index contributed by atoms with van der Waals surface area (Å²) in [7, 11) is 0. The molecule has 0 nitrogen and oxygen atoms in total. The highest BCUT2D eigenvalue weighted by Crippen LogP contribution is 2.59. The van der Waals surface area contributed by atoms with Crippen molar-refractivity contribution in [1.29, 1.82) is 0 Å². The van der Waals surface area contributed by atoms with E-state index in [2.05, 4.69) is 0 Å². The van der Waals surface area contributed by atoms with Gasteiger partial charge in [-0.3, -0.25) is 0 Å². The maximum absolute atomic E-state index is 5.85. The van der Waals surface area contributed by atoms with E-state index in [-0.39, 0.29) is 0 Å². The van der Waals surface area contributed by atoms with Gasteiger partial charge < -0.3 is 0 Å². The smallest absolute Gasteiger partial charge is 0.115 e. The van der Waals surface area contributed by atoms with E-state index in [1.165, 1.54) is 12.2 Å². The quantitative estimate of drug-likeness (QED) is 0.448. The number of rotatable bonds is 0. The number of alkyl halides is 7. The molecule has 0 aromatic carbocycles. The van der Waals surface area contributed by atoms with Crippen LogP contribution < -0.4 is 0 Å². The number of allylic oxidation sites excluding steroid dienone is 2. The zero-order valence-electron chi connectivity index (χ0n) is 5.88. The Morgan fingerprint density at radius 1 is 0.923 bits per heavy atom. The molecule has 0 heterocycles. The molecular weight excluding hydrogens is 320 g/mol. The fourth-order valence-corrected chi connectivity index (χ4v) is 2.62. The molecule has 1 atom stereocenters. The summed E-state index contributed by atoms with van der Waals surface area (Å²) < 4.78 is -4.98. The van der Waals surface area contributed by atoms with Crippen molar-refractivity contribution in [2.24, 2.45) is 0 Å². The monoisotopic (exact) mass is 320 g/mol. The highest BCUT2D eigenvalue weighted by molar-refractivity contribution is 6.71. The lowest BCUT2D eigenvalue weighted by molar-refractivity contribution is 0.617. The lowest BCUT2D eigenvalue weighted by atomic mass is 10.0. The predicted octanol–water partition coefficient (Wildman–Crippen LogP) is 4.69. The van der Waals surface area contributed by atoms with E-state index >= 15 is 0 Å². The maximum Gasteiger partial charge on any atom is 0.188 e. The molecule has 0 saturated heterocycles. The minimum absolute atomic E-state index is 0.753. The average Bonchev–Trinajstić information content (AvgIpc) is 1.97. The van der Waals surface area contributed by atoms with E-state index < -0.39 is 18.4 Å². The fraction of sp³-hybridized carbons (Fsp3) is 0.667. The van der Waals surface area contributed by atoms with Crippen LogP contribution in [-0.4, -0.2) is 18.4 Å². The van der Waals surface area contributed by atoms with Gasteiger partial charge in [0.05, 0.1) is 5.38 Å². The normalized spacial score (nSPS) is 34.5. The third kappa shape index (κ3) is 1.89. The maximum atomic E-state index is 5.85. The Hall–Kier alpha value is 1.77. The molecule has 0 aromatic heterocycles. The van der Waals surface area contributed by atoms with Crippen molar-refractivity contribution in [3.8, 4) is 0 Å². The molecule has 0 aliphatic heterocycles. The number of halogens is 7. The molecule has 13 heavy (non-hydrogen) atoms. The Bertz CT molecular complexity index is 241. The van der Waals surface area contributed by atoms with Crippen molar-refractivity contribution in [2.75, 3.05) is 0 Å². The largest absolute Gasteiger partial charge is 0.188 e. The van der Waals surface area contributed by atoms with Gasteiger partial charge in [-0.15, -0.1) is 11.6 Å². The molecule has 0 bridgehead atoms. The van der Waals surface area contributed by atoms with Crippen molar-refractivity contribution in [2.45, 2.75) is 18.4 Å². The Kier molecular flexibility index (Phi) is 3.61. The summed E-state index contributed by atoms with van der Waals surface area (Å²) in [6.07, 6.45) is 2.81. The Labute approximate surface area is 111 Å². The summed E-state index contributed by atoms with van der Waals surface area (Å²) in [5.41, 5.74) is 0. The predicted molar refractivity (Wildman–Crippen MR) is 62.1 cm³/mol. The second-order valence-corrected chi connectivity index (χ2v) is 7.15. The van der Waals surface area contributed by atoms with Gasteiger partial charge in [0.15, 0.2) is 13.0 Å². The van der Waals surface area contributed by atoms with Crippen molar-refractivity contribution < 1.29 is 0 Å². The summed E-state index contributed by atoms with van der Waals surface area (Å²) in [4.78, 5) is 0. The molecule has 1 rings (SSSR count). The molecular formula is C6H3Cl7. The molecule has 0 spiro atoms. The van der Waals surface area contributed by atoms with Gasteiger partial charge in [0, 0.05) is 0 Å². The SMILES string of the molecule is ClC1C=CC(Cl)(Cl)C(Cl)(Cl)C1(Cl)Cl. The molecule has 1 aliphatic carbocycles. The highest BCUT2D eigenvalue weighted by atomic mass is 35.5. The molecule has 0 N–H and O–H groups in total. The van der Waals surface area contributed by atoms with Crippen LogP contribution in [0.4, 0.5) is 0 Å². The molecule has 1 aliphatic rings. The molecule has 0 fully saturated rings. The first-order valence-corrected chi connectivity index (χ1v) is 5.80. The van der Waals surface area contributed by atoms with Crippen molar-refractivity contribution >= 4 is 81.2 Å². The van der Waals surface area contributed by atoms with Crippen LogP contribution in [-0.2, 0) is 0 Å². The summed E-state index contributed by atoms with van der Waals surface area (Å²) >= 11 is 40.8. The standard InChI is InChI=1S/C6H3Cl7/c7-3-1-2-4(8,9)6(12,13)5(3,10)11/h1-3H. The van der Waals surface area contributed by atoms with Crippen molar-refractivity contribution in [1.82, 2.24) is 0 Å². The number of hydrogen-bond acceptors (Lipinski definition) is 0. The third-order valence-corrected chi connectivity index (χ3v) is 6.18. The molecule has 0 saturated carbocycles. The fourth-order valence-electron chi connectivity index (χ4n) is 0.826. The van der Waals surface area contributed by atoms with Gasteiger partial charge in [-0.25, -0.2) is 0 Å². The van der Waals surface area contributed by atoms with Crippen LogP contribution in [0.3, 0.4) is 0 Å². The van der Waals surface area contributed by atoms with Crippen molar-refractivity contribution in [3.05, 3.63) is 12.2 Å². The van der Waals surface area contributed by atoms with Gasteiger partial charge >= 0.3 is 0 Å². The van der Waals surface area contributed by atoms with E-state index in [1.54, 1.807) is 0 Å². The lowest BCUT2D eigenvalue weighted by Gasteiger charge is -2.44. The Morgan fingerprint density at radius 3 is 1.77 bits per heavy atom. The minimum Gasteiger partial charge on any atom is -0.115 e. The van der Waals surface area contributed by atoms with Crippen LogP contribution in [0.15, 0.2) is 12.2 Å². The van der Waals surface area contributed by atoms with Gasteiger partial charge in [0.2, 0.25) is 0 Å². The molecule has 76 valence electrons. The van der Waals surface area contributed by atoms with Gasteiger partial charge in [-0.1, -0.05) is 75.7 Å². The first kappa shape index (κ1) is 12.8. The van der Waals surface area contributed by atoms with Crippen LogP contribution >= 0.6 is 81.2 Å². The van der Waals surface area contributed by atoms with Gasteiger partial charge in [0.1, 0.15) is 0 Å². The van der Waals surface area contributed by atoms with E-state index in [1.807, 2.05) is 0 Å². The van der Waals surface area contributed by atoms with E-state index in [0.717, 1.165) is 0 Å². The zero-order chi connectivity index (χ0) is 10.5. The Morgan fingerprint density at radius 2 is 1.38 bits per heavy atom. The zero-order valence-corrected chi connectivity index (χ0v) is 11.2. The third-order valence-electron chi connectivity index (χ3n) is 1.66. The van der Waals surface area contributed by atoms with Crippen LogP contribution in [0, 0.1) is 0 Å². The van der Waals surface area contributed by atoms with Crippen LogP contribution in [0.1, 0.15) is 0 Å². The van der Waals surface area contributed by atoms with Gasteiger partial charge in [0.25, 0.3) is 0 Å². The first-order valence-electron chi connectivity index (χ1n) is 3.10. The van der Waals surface area contributed by atoms with Crippen LogP contribution in [0.5, 0.6) is 0 Å². The molecule has 0 amide bonds. The molecule has 1 unspecified atom stereocenters. The minimum atomic E-state index is -1.77. The molecule has 0 radical (unpaired) electrons. The lowest BCUT2D eigenvalue weighted by Crippen LogP contribution is -2.55. The second kappa shape index (κ2) is 3.66. The Balaban J connectivity index is 3.22. The average molecular weight is 323 g/mol. The van der Waals surface area contributed by atoms with E-state index in [4.69, 9.17) is 81.2 Å². The van der Waals surface area contributed by atoms with E-state index in [0.29, 0.717) is 0 Å². The highest BCUT2D eigenvalue weighted by Gasteiger charge is 2.64. The van der Waals surface area contributed by atoms with Gasteiger partial charge in [-0.05, 0) is 6.08 Å². The number of hydrogen-bond donors (Lipinski definition) is 0. The molecule has 0 aromatic rings. The van der Waals surface area contributed by atoms with Crippen LogP contribution in [0.2, 0.25) is 0 Å². The first-order chi connectivity index (χ1) is 5.63. The molecule has 7 heteroatoms. The second-order valence-electron chi connectivity index (χ2n) is 2.58. The van der Waals surface area contributed by atoms with Gasteiger partial charge in [-0.2, -0.15) is 0 Å². The van der Waals surface area contributed by atoms with Crippen LogP contribution in [0.25, 0.3) is 0 Å². The summed E-state index contributed by atoms with van der Waals surface area (Å²) in [5.74, 6) is 0. The van der Waals surface area contributed by atoms with Crippen molar-refractivity contribution in [3.63, 3.8) is 0 Å². The summed E-state index contributed by atoms with van der Waals surface area (Å²) in [6.45, 7) is 0. The van der Waals surface area contributed by atoms with E-state index in [9.17, 15) is 0 Å². The summed E-state index contributed by atoms with van der Waals surface area (Å²) in [6, 6.07) is 0. The topological polar surface area (TPSA) is 0 Å². The summed E-state index contributed by atoms with van der Waals surface area (Å²) in [5, 5.41) is -0.753.